The lowest BCUT2D eigenvalue weighted by Gasteiger charge is -2.37. The molecule has 0 spiro atoms. The summed E-state index contributed by atoms with van der Waals surface area (Å²) in [7, 11) is 0. The molecule has 0 aromatic heterocycles. The monoisotopic (exact) mass is 208 g/mol. The third-order valence-electron chi connectivity index (χ3n) is 3.82. The molecule has 1 saturated carbocycles. The summed E-state index contributed by atoms with van der Waals surface area (Å²) in [6.07, 6.45) is 6.32. The van der Waals surface area contributed by atoms with Crippen LogP contribution in [-0.4, -0.2) is 5.78 Å². The molecule has 86 valence electrons. The van der Waals surface area contributed by atoms with Crippen LogP contribution in [0.3, 0.4) is 0 Å². The van der Waals surface area contributed by atoms with E-state index in [1.165, 1.54) is 19.3 Å². The van der Waals surface area contributed by atoms with E-state index in [1.54, 1.807) is 0 Å². The van der Waals surface area contributed by atoms with Gasteiger partial charge in [-0.05, 0) is 24.7 Å². The van der Waals surface area contributed by atoms with Gasteiger partial charge in [-0.25, -0.2) is 0 Å². The highest BCUT2D eigenvalue weighted by Gasteiger charge is 2.36. The van der Waals surface area contributed by atoms with E-state index in [0.717, 1.165) is 18.4 Å². The summed E-state index contributed by atoms with van der Waals surface area (Å²) in [6, 6.07) is 0. The lowest BCUT2D eigenvalue weighted by atomic mass is 9.66. The third kappa shape index (κ3) is 3.19. The molecule has 1 unspecified atom stereocenters. The van der Waals surface area contributed by atoms with Gasteiger partial charge >= 0.3 is 0 Å². The van der Waals surface area contributed by atoms with E-state index >= 15 is 0 Å². The van der Waals surface area contributed by atoms with Crippen LogP contribution in [0.5, 0.6) is 0 Å². The zero-order valence-electron chi connectivity index (χ0n) is 10.4. The Labute approximate surface area is 93.9 Å². The highest BCUT2D eigenvalue weighted by Crippen LogP contribution is 2.41. The molecule has 0 heterocycles. The predicted octanol–water partition coefficient (Wildman–Crippen LogP) is 4.13. The number of ketones is 1. The molecule has 0 N–H and O–H groups in total. The second-order valence-electron chi connectivity index (χ2n) is 5.53. The molecule has 0 radical (unpaired) electrons. The lowest BCUT2D eigenvalue weighted by Crippen LogP contribution is -2.34. The van der Waals surface area contributed by atoms with E-state index in [-0.39, 0.29) is 11.3 Å². The molecule has 1 fully saturated rings. The first kappa shape index (κ1) is 12.5. The van der Waals surface area contributed by atoms with E-state index in [9.17, 15) is 4.79 Å². The lowest BCUT2D eigenvalue weighted by molar-refractivity contribution is -0.127. The first-order valence-corrected chi connectivity index (χ1v) is 6.16. The van der Waals surface area contributed by atoms with Crippen LogP contribution in [0.1, 0.15) is 59.3 Å². The Kier molecular flexibility index (Phi) is 4.12. The third-order valence-corrected chi connectivity index (χ3v) is 3.82. The molecule has 0 bridgehead atoms. The van der Waals surface area contributed by atoms with Crippen LogP contribution >= 0.6 is 0 Å². The molecule has 0 aromatic rings. The molecule has 0 saturated heterocycles. The van der Waals surface area contributed by atoms with Gasteiger partial charge in [-0.3, -0.25) is 4.79 Å². The first-order chi connectivity index (χ1) is 6.97. The molecular weight excluding hydrogens is 184 g/mol. The standard InChI is InChI=1S/C14H24O/c1-5-11(2)10-13(15)12-8-6-7-9-14(12,3)4/h12H,2,5-10H2,1,3-4H3. The number of allylic oxidation sites excluding steroid dienone is 1. The van der Waals surface area contributed by atoms with Crippen LogP contribution in [-0.2, 0) is 4.79 Å². The minimum Gasteiger partial charge on any atom is -0.299 e. The highest BCUT2D eigenvalue weighted by atomic mass is 16.1. The number of rotatable bonds is 4. The van der Waals surface area contributed by atoms with E-state index in [2.05, 4.69) is 27.4 Å². The quantitative estimate of drug-likeness (QED) is 0.635. The van der Waals surface area contributed by atoms with Crippen molar-refractivity contribution in [3.05, 3.63) is 12.2 Å². The molecule has 1 aliphatic rings. The summed E-state index contributed by atoms with van der Waals surface area (Å²) >= 11 is 0. The van der Waals surface area contributed by atoms with Crippen LogP contribution < -0.4 is 0 Å². The van der Waals surface area contributed by atoms with Crippen molar-refractivity contribution < 1.29 is 4.79 Å². The van der Waals surface area contributed by atoms with Crippen molar-refractivity contribution in [2.24, 2.45) is 11.3 Å². The first-order valence-electron chi connectivity index (χ1n) is 6.16. The van der Waals surface area contributed by atoms with Gasteiger partial charge < -0.3 is 0 Å². The van der Waals surface area contributed by atoms with Gasteiger partial charge in [0.1, 0.15) is 5.78 Å². The van der Waals surface area contributed by atoms with Gasteiger partial charge in [-0.1, -0.05) is 45.8 Å². The van der Waals surface area contributed by atoms with E-state index < -0.39 is 0 Å². The van der Waals surface area contributed by atoms with Crippen molar-refractivity contribution in [2.45, 2.75) is 59.3 Å². The van der Waals surface area contributed by atoms with Crippen LogP contribution in [0.15, 0.2) is 12.2 Å². The summed E-state index contributed by atoms with van der Waals surface area (Å²) in [5.41, 5.74) is 1.30. The Bertz CT molecular complexity index is 250. The average molecular weight is 208 g/mol. The van der Waals surface area contributed by atoms with Gasteiger partial charge in [-0.2, -0.15) is 0 Å². The molecule has 0 amide bonds. The Balaban J connectivity index is 2.61. The second-order valence-corrected chi connectivity index (χ2v) is 5.53. The Morgan fingerprint density at radius 3 is 2.60 bits per heavy atom. The maximum absolute atomic E-state index is 12.1. The SMILES string of the molecule is C=C(CC)CC(=O)C1CCCCC1(C)C. The van der Waals surface area contributed by atoms with E-state index in [1.807, 2.05) is 0 Å². The zero-order chi connectivity index (χ0) is 11.5. The molecule has 15 heavy (non-hydrogen) atoms. The Morgan fingerprint density at radius 2 is 2.07 bits per heavy atom. The molecule has 1 rings (SSSR count). The molecule has 0 aromatic carbocycles. The average Bonchev–Trinajstić information content (AvgIpc) is 2.16. The zero-order valence-corrected chi connectivity index (χ0v) is 10.4. The number of hydrogen-bond acceptors (Lipinski definition) is 1. The largest absolute Gasteiger partial charge is 0.299 e. The summed E-state index contributed by atoms with van der Waals surface area (Å²) in [6.45, 7) is 10.5. The van der Waals surface area contributed by atoms with Gasteiger partial charge in [-0.15, -0.1) is 0 Å². The van der Waals surface area contributed by atoms with Gasteiger partial charge in [0, 0.05) is 12.3 Å². The predicted molar refractivity (Wildman–Crippen MR) is 64.8 cm³/mol. The fourth-order valence-corrected chi connectivity index (χ4v) is 2.59. The fraction of sp³-hybridized carbons (Fsp3) is 0.786. The maximum Gasteiger partial charge on any atom is 0.140 e. The summed E-state index contributed by atoms with van der Waals surface area (Å²) in [4.78, 5) is 12.1. The van der Waals surface area contributed by atoms with Gasteiger partial charge in [0.15, 0.2) is 0 Å². The number of carbonyl (C=O) groups is 1. The Hall–Kier alpha value is -0.590. The van der Waals surface area contributed by atoms with Crippen LogP contribution in [0.2, 0.25) is 0 Å². The molecular formula is C14H24O. The highest BCUT2D eigenvalue weighted by molar-refractivity contribution is 5.83. The molecule has 1 aliphatic carbocycles. The van der Waals surface area contributed by atoms with Gasteiger partial charge in [0.05, 0.1) is 0 Å². The van der Waals surface area contributed by atoms with Crippen molar-refractivity contribution in [1.82, 2.24) is 0 Å². The molecule has 1 atom stereocenters. The minimum absolute atomic E-state index is 0.212. The Morgan fingerprint density at radius 1 is 1.40 bits per heavy atom. The van der Waals surface area contributed by atoms with Crippen LogP contribution in [0, 0.1) is 11.3 Å². The van der Waals surface area contributed by atoms with Crippen molar-refractivity contribution in [1.29, 1.82) is 0 Å². The number of hydrogen-bond donors (Lipinski definition) is 0. The normalized spacial score (nSPS) is 24.9. The van der Waals surface area contributed by atoms with Crippen molar-refractivity contribution in [3.63, 3.8) is 0 Å². The summed E-state index contributed by atoms with van der Waals surface area (Å²) < 4.78 is 0. The molecule has 1 nitrogen and oxygen atoms in total. The molecule has 1 heteroatoms. The van der Waals surface area contributed by atoms with Crippen molar-refractivity contribution in [2.75, 3.05) is 0 Å². The van der Waals surface area contributed by atoms with Gasteiger partial charge in [0.2, 0.25) is 0 Å². The number of Topliss-reactive ketones (excluding diaryl/α,β-unsaturated/α-hetero) is 1. The van der Waals surface area contributed by atoms with Crippen molar-refractivity contribution >= 4 is 5.78 Å². The van der Waals surface area contributed by atoms with Crippen molar-refractivity contribution in [3.8, 4) is 0 Å². The minimum atomic E-state index is 0.212. The topological polar surface area (TPSA) is 17.1 Å². The summed E-state index contributed by atoms with van der Waals surface area (Å²) in [5, 5.41) is 0. The second kappa shape index (κ2) is 4.96. The fourth-order valence-electron chi connectivity index (χ4n) is 2.59. The van der Waals surface area contributed by atoms with Crippen LogP contribution in [0.4, 0.5) is 0 Å². The number of carbonyl (C=O) groups excluding carboxylic acids is 1. The van der Waals surface area contributed by atoms with Gasteiger partial charge in [0.25, 0.3) is 0 Å². The summed E-state index contributed by atoms with van der Waals surface area (Å²) in [5.74, 6) is 0.695. The molecule has 0 aliphatic heterocycles. The van der Waals surface area contributed by atoms with E-state index in [4.69, 9.17) is 0 Å². The van der Waals surface area contributed by atoms with E-state index in [0.29, 0.717) is 12.2 Å². The smallest absolute Gasteiger partial charge is 0.140 e. The van der Waals surface area contributed by atoms with Crippen LogP contribution in [0.25, 0.3) is 0 Å². The maximum atomic E-state index is 12.1.